The van der Waals surface area contributed by atoms with Crippen LogP contribution in [0.25, 0.3) is 10.8 Å². The molecule has 0 aliphatic carbocycles. The molecule has 3 rings (SSSR count). The second-order valence-corrected chi connectivity index (χ2v) is 4.63. The van der Waals surface area contributed by atoms with E-state index < -0.39 is 0 Å². The minimum atomic E-state index is 0.678. The second kappa shape index (κ2) is 6.18. The third kappa shape index (κ3) is 3.08. The molecule has 0 radical (unpaired) electrons. The van der Waals surface area contributed by atoms with Gasteiger partial charge in [-0.15, -0.1) is 0 Å². The average Bonchev–Trinajstić information content (AvgIpc) is 2.54. The van der Waals surface area contributed by atoms with E-state index in [0.717, 1.165) is 27.8 Å². The quantitative estimate of drug-likeness (QED) is 0.662. The minimum absolute atomic E-state index is 0.678. The Hall–Kier alpha value is -2.68. The molecule has 0 aliphatic heterocycles. The Labute approximate surface area is 123 Å². The molecular weight excluding hydrogens is 260 g/mol. The lowest BCUT2D eigenvalue weighted by atomic mass is 10.1. The van der Waals surface area contributed by atoms with Crippen molar-refractivity contribution in [2.75, 3.05) is 6.61 Å². The first-order chi connectivity index (χ1) is 10.4. The highest BCUT2D eigenvalue weighted by molar-refractivity contribution is 5.94. The molecule has 0 saturated carbocycles. The van der Waals surface area contributed by atoms with Crippen molar-refractivity contribution in [2.45, 2.75) is 6.92 Å². The molecule has 0 N–H and O–H groups in total. The van der Waals surface area contributed by atoms with E-state index >= 15 is 0 Å². The molecule has 0 saturated heterocycles. The summed E-state index contributed by atoms with van der Waals surface area (Å²) >= 11 is 0. The van der Waals surface area contributed by atoms with Gasteiger partial charge in [0.15, 0.2) is 0 Å². The van der Waals surface area contributed by atoms with E-state index in [1.54, 1.807) is 6.20 Å². The van der Waals surface area contributed by atoms with Crippen molar-refractivity contribution in [1.82, 2.24) is 4.98 Å². The zero-order valence-corrected chi connectivity index (χ0v) is 11.9. The molecule has 0 amide bonds. The van der Waals surface area contributed by atoms with Crippen LogP contribution in [-0.2, 0) is 0 Å². The van der Waals surface area contributed by atoms with Gasteiger partial charge in [0.1, 0.15) is 5.75 Å². The number of pyridine rings is 1. The number of hydrogen-bond donors (Lipinski definition) is 0. The van der Waals surface area contributed by atoms with Gasteiger partial charge in [0.05, 0.1) is 12.3 Å². The Morgan fingerprint density at radius 3 is 2.76 bits per heavy atom. The zero-order chi connectivity index (χ0) is 14.5. The van der Waals surface area contributed by atoms with Gasteiger partial charge >= 0.3 is 0 Å². The smallest absolute Gasteiger partial charge is 0.119 e. The topological polar surface area (TPSA) is 34.5 Å². The molecule has 0 fully saturated rings. The van der Waals surface area contributed by atoms with E-state index in [-0.39, 0.29) is 0 Å². The SMILES string of the molecule is CCOc1ccc(C=Nc2cccc3cnccc23)cc1. The van der Waals surface area contributed by atoms with Gasteiger partial charge in [-0.2, -0.15) is 0 Å². The Morgan fingerprint density at radius 1 is 1.10 bits per heavy atom. The number of fused-ring (bicyclic) bond motifs is 1. The highest BCUT2D eigenvalue weighted by atomic mass is 16.5. The number of rotatable bonds is 4. The summed E-state index contributed by atoms with van der Waals surface area (Å²) in [5.74, 6) is 0.880. The summed E-state index contributed by atoms with van der Waals surface area (Å²) < 4.78 is 5.43. The first-order valence-electron chi connectivity index (χ1n) is 6.96. The van der Waals surface area contributed by atoms with Crippen LogP contribution in [-0.4, -0.2) is 17.8 Å². The molecular formula is C18H16N2O. The summed E-state index contributed by atoms with van der Waals surface area (Å²) in [6, 6.07) is 15.9. The maximum atomic E-state index is 5.43. The van der Waals surface area contributed by atoms with Gasteiger partial charge in [0.25, 0.3) is 0 Å². The van der Waals surface area contributed by atoms with E-state index in [4.69, 9.17) is 4.74 Å². The summed E-state index contributed by atoms with van der Waals surface area (Å²) in [4.78, 5) is 8.72. The van der Waals surface area contributed by atoms with Crippen molar-refractivity contribution in [2.24, 2.45) is 4.99 Å². The molecule has 3 heteroatoms. The van der Waals surface area contributed by atoms with Gasteiger partial charge in [0, 0.05) is 29.4 Å². The van der Waals surface area contributed by atoms with Crippen LogP contribution in [0.15, 0.2) is 65.9 Å². The van der Waals surface area contributed by atoms with Crippen LogP contribution < -0.4 is 4.74 Å². The molecule has 104 valence electrons. The molecule has 0 aliphatic rings. The van der Waals surface area contributed by atoms with Gasteiger partial charge in [-0.1, -0.05) is 12.1 Å². The Kier molecular flexibility index (Phi) is 3.92. The fourth-order valence-electron chi connectivity index (χ4n) is 2.18. The van der Waals surface area contributed by atoms with Crippen LogP contribution in [0.5, 0.6) is 5.75 Å². The summed E-state index contributed by atoms with van der Waals surface area (Å²) in [7, 11) is 0. The predicted octanol–water partition coefficient (Wildman–Crippen LogP) is 4.38. The highest BCUT2D eigenvalue weighted by Gasteiger charge is 1.98. The number of hydrogen-bond acceptors (Lipinski definition) is 3. The maximum absolute atomic E-state index is 5.43. The maximum Gasteiger partial charge on any atom is 0.119 e. The first kappa shape index (κ1) is 13.3. The Morgan fingerprint density at radius 2 is 1.95 bits per heavy atom. The van der Waals surface area contributed by atoms with Gasteiger partial charge in [-0.3, -0.25) is 9.98 Å². The number of aliphatic imine (C=N–C) groups is 1. The van der Waals surface area contributed by atoms with Crippen molar-refractivity contribution in [3.05, 3.63) is 66.5 Å². The van der Waals surface area contributed by atoms with Crippen molar-refractivity contribution >= 4 is 22.7 Å². The fraction of sp³-hybridized carbons (Fsp3) is 0.111. The van der Waals surface area contributed by atoms with E-state index in [9.17, 15) is 0 Å². The normalized spacial score (nSPS) is 11.1. The van der Waals surface area contributed by atoms with Crippen molar-refractivity contribution < 1.29 is 4.74 Å². The van der Waals surface area contributed by atoms with E-state index in [0.29, 0.717) is 6.61 Å². The lowest BCUT2D eigenvalue weighted by Crippen LogP contribution is -1.91. The Balaban J connectivity index is 1.87. The fourth-order valence-corrected chi connectivity index (χ4v) is 2.18. The molecule has 0 atom stereocenters. The zero-order valence-electron chi connectivity index (χ0n) is 11.9. The number of nitrogens with zero attached hydrogens (tertiary/aromatic N) is 2. The van der Waals surface area contributed by atoms with E-state index in [1.807, 2.05) is 67.9 Å². The standard InChI is InChI=1S/C18H16N2O/c1-2-21-16-8-6-14(7-9-16)12-20-18-5-3-4-15-13-19-11-10-17(15)18/h3-13H,2H2,1H3. The molecule has 0 bridgehead atoms. The molecule has 1 heterocycles. The first-order valence-corrected chi connectivity index (χ1v) is 6.96. The molecule has 2 aromatic carbocycles. The van der Waals surface area contributed by atoms with Gasteiger partial charge < -0.3 is 4.74 Å². The summed E-state index contributed by atoms with van der Waals surface area (Å²) in [6.45, 7) is 2.65. The van der Waals surface area contributed by atoms with Crippen LogP contribution in [0.3, 0.4) is 0 Å². The molecule has 21 heavy (non-hydrogen) atoms. The summed E-state index contributed by atoms with van der Waals surface area (Å²) in [5, 5.41) is 2.20. The summed E-state index contributed by atoms with van der Waals surface area (Å²) in [5.41, 5.74) is 1.99. The lowest BCUT2D eigenvalue weighted by molar-refractivity contribution is 0.340. The largest absolute Gasteiger partial charge is 0.494 e. The third-order valence-corrected chi connectivity index (χ3v) is 3.20. The predicted molar refractivity (Wildman–Crippen MR) is 86.6 cm³/mol. The van der Waals surface area contributed by atoms with Crippen molar-refractivity contribution in [3.63, 3.8) is 0 Å². The second-order valence-electron chi connectivity index (χ2n) is 4.63. The number of ether oxygens (including phenoxy) is 1. The van der Waals surface area contributed by atoms with E-state index in [1.165, 1.54) is 0 Å². The van der Waals surface area contributed by atoms with Crippen LogP contribution in [0.1, 0.15) is 12.5 Å². The average molecular weight is 276 g/mol. The van der Waals surface area contributed by atoms with Gasteiger partial charge in [-0.05, 0) is 48.9 Å². The van der Waals surface area contributed by atoms with Crippen LogP contribution in [0.4, 0.5) is 5.69 Å². The number of aromatic nitrogens is 1. The Bertz CT molecular complexity index is 758. The van der Waals surface area contributed by atoms with E-state index in [2.05, 4.69) is 9.98 Å². The third-order valence-electron chi connectivity index (χ3n) is 3.20. The molecule has 0 spiro atoms. The summed E-state index contributed by atoms with van der Waals surface area (Å²) in [6.07, 6.45) is 5.51. The minimum Gasteiger partial charge on any atom is -0.494 e. The van der Waals surface area contributed by atoms with Crippen LogP contribution in [0, 0.1) is 0 Å². The van der Waals surface area contributed by atoms with Gasteiger partial charge in [0.2, 0.25) is 0 Å². The molecule has 3 aromatic rings. The highest BCUT2D eigenvalue weighted by Crippen LogP contribution is 2.24. The molecule has 0 unspecified atom stereocenters. The molecule has 1 aromatic heterocycles. The lowest BCUT2D eigenvalue weighted by Gasteiger charge is -2.03. The monoisotopic (exact) mass is 276 g/mol. The van der Waals surface area contributed by atoms with Crippen molar-refractivity contribution in [1.29, 1.82) is 0 Å². The van der Waals surface area contributed by atoms with Crippen molar-refractivity contribution in [3.8, 4) is 5.75 Å². The molecule has 3 nitrogen and oxygen atoms in total. The van der Waals surface area contributed by atoms with Gasteiger partial charge in [-0.25, -0.2) is 0 Å². The van der Waals surface area contributed by atoms with Crippen LogP contribution >= 0.6 is 0 Å². The number of benzene rings is 2. The van der Waals surface area contributed by atoms with Crippen LogP contribution in [0.2, 0.25) is 0 Å².